The first-order valence-corrected chi connectivity index (χ1v) is 9.68. The van der Waals surface area contributed by atoms with Crippen LogP contribution in [0, 0.1) is 6.92 Å². The van der Waals surface area contributed by atoms with Crippen molar-refractivity contribution in [2.45, 2.75) is 39.4 Å². The molecule has 0 radical (unpaired) electrons. The van der Waals surface area contributed by atoms with Crippen LogP contribution in [0.3, 0.4) is 0 Å². The summed E-state index contributed by atoms with van der Waals surface area (Å²) in [6.07, 6.45) is 7.04. The molecule has 3 aromatic rings. The van der Waals surface area contributed by atoms with Gasteiger partial charge in [-0.1, -0.05) is 24.3 Å². The number of fused-ring (bicyclic) bond motifs is 1. The first kappa shape index (κ1) is 18.4. The zero-order chi connectivity index (χ0) is 19.3. The minimum Gasteiger partial charge on any atom is -0.447 e. The summed E-state index contributed by atoms with van der Waals surface area (Å²) in [6.45, 7) is 5.84. The van der Waals surface area contributed by atoms with E-state index in [9.17, 15) is 4.79 Å². The number of hydrogen-bond donors (Lipinski definition) is 1. The Bertz CT molecular complexity index is 946. The van der Waals surface area contributed by atoms with E-state index in [1.165, 1.54) is 17.4 Å². The van der Waals surface area contributed by atoms with Crippen LogP contribution in [0.25, 0.3) is 0 Å². The highest BCUT2D eigenvalue weighted by Crippen LogP contribution is 2.20. The van der Waals surface area contributed by atoms with Crippen molar-refractivity contribution >= 4 is 5.91 Å². The number of rotatable bonds is 7. The minimum absolute atomic E-state index is 0.193. The van der Waals surface area contributed by atoms with E-state index in [0.29, 0.717) is 24.7 Å². The monoisotopic (exact) mass is 379 g/mol. The number of aryl methyl sites for hydroxylation is 2. The van der Waals surface area contributed by atoms with Crippen molar-refractivity contribution in [1.82, 2.24) is 24.8 Å². The zero-order valence-electron chi connectivity index (χ0n) is 16.1. The van der Waals surface area contributed by atoms with Gasteiger partial charge in [-0.3, -0.25) is 9.69 Å². The lowest BCUT2D eigenvalue weighted by molar-refractivity contribution is 0.0947. The van der Waals surface area contributed by atoms with Gasteiger partial charge in [-0.05, 0) is 30.9 Å². The second-order valence-electron chi connectivity index (χ2n) is 7.13. The summed E-state index contributed by atoms with van der Waals surface area (Å²) in [5.41, 5.74) is 3.11. The molecule has 7 heteroatoms. The number of nitrogens with zero attached hydrogens (tertiary/aromatic N) is 4. The fraction of sp³-hybridized carbons (Fsp3) is 0.381. The quantitative estimate of drug-likeness (QED) is 0.639. The van der Waals surface area contributed by atoms with E-state index in [1.54, 1.807) is 6.20 Å². The number of carbonyl (C=O) groups excluding carboxylic acids is 1. The standard InChI is InChI=1S/C21H25N5O2/c1-16-22-9-12-26(16)10-4-8-23-21(27)19-15-28-20(24-19)14-25-11-7-17-5-2-3-6-18(17)13-25/h2-3,5-6,9,12,15H,4,7-8,10-11,13-14H2,1H3,(H,23,27). The number of aromatic nitrogens is 3. The van der Waals surface area contributed by atoms with Crippen LogP contribution in [0.2, 0.25) is 0 Å². The van der Waals surface area contributed by atoms with Gasteiger partial charge in [-0.25, -0.2) is 9.97 Å². The predicted molar refractivity (Wildman–Crippen MR) is 105 cm³/mol. The highest BCUT2D eigenvalue weighted by molar-refractivity contribution is 5.91. The number of nitrogens with one attached hydrogen (secondary N) is 1. The van der Waals surface area contributed by atoms with Crippen molar-refractivity contribution in [3.63, 3.8) is 0 Å². The van der Waals surface area contributed by atoms with Crippen LogP contribution in [0.4, 0.5) is 0 Å². The highest BCUT2D eigenvalue weighted by atomic mass is 16.3. The topological polar surface area (TPSA) is 76.2 Å². The van der Waals surface area contributed by atoms with Gasteiger partial charge >= 0.3 is 0 Å². The average Bonchev–Trinajstić information content (AvgIpc) is 3.34. The van der Waals surface area contributed by atoms with Crippen LogP contribution >= 0.6 is 0 Å². The molecule has 1 aliphatic heterocycles. The highest BCUT2D eigenvalue weighted by Gasteiger charge is 2.19. The second-order valence-corrected chi connectivity index (χ2v) is 7.13. The van der Waals surface area contributed by atoms with Gasteiger partial charge < -0.3 is 14.3 Å². The van der Waals surface area contributed by atoms with Gasteiger partial charge in [-0.15, -0.1) is 0 Å². The summed E-state index contributed by atoms with van der Waals surface area (Å²) >= 11 is 0. The normalized spacial score (nSPS) is 14.0. The summed E-state index contributed by atoms with van der Waals surface area (Å²) in [5.74, 6) is 1.37. The van der Waals surface area contributed by atoms with Crippen molar-refractivity contribution in [3.8, 4) is 0 Å². The molecular formula is C21H25N5O2. The fourth-order valence-electron chi connectivity index (χ4n) is 3.55. The molecule has 28 heavy (non-hydrogen) atoms. The molecule has 7 nitrogen and oxygen atoms in total. The first-order chi connectivity index (χ1) is 13.7. The van der Waals surface area contributed by atoms with E-state index in [0.717, 1.165) is 38.3 Å². The molecule has 146 valence electrons. The molecule has 0 atom stereocenters. The van der Waals surface area contributed by atoms with Crippen molar-refractivity contribution in [3.05, 3.63) is 71.5 Å². The van der Waals surface area contributed by atoms with E-state index >= 15 is 0 Å². The number of carbonyl (C=O) groups is 1. The largest absolute Gasteiger partial charge is 0.447 e. The Kier molecular flexibility index (Phi) is 5.53. The van der Waals surface area contributed by atoms with Gasteiger partial charge in [0.25, 0.3) is 5.91 Å². The molecule has 1 amide bonds. The molecule has 0 unspecified atom stereocenters. The Morgan fingerprint density at radius 1 is 1.29 bits per heavy atom. The van der Waals surface area contributed by atoms with Gasteiger partial charge in [0.1, 0.15) is 12.1 Å². The minimum atomic E-state index is -0.193. The van der Waals surface area contributed by atoms with Gasteiger partial charge in [0.05, 0.1) is 6.54 Å². The maximum absolute atomic E-state index is 12.3. The number of oxazole rings is 1. The van der Waals surface area contributed by atoms with Crippen LogP contribution in [0.5, 0.6) is 0 Å². The average molecular weight is 379 g/mol. The number of amides is 1. The lowest BCUT2D eigenvalue weighted by Gasteiger charge is -2.27. The second kappa shape index (κ2) is 8.39. The Morgan fingerprint density at radius 3 is 2.96 bits per heavy atom. The van der Waals surface area contributed by atoms with Gasteiger partial charge in [0.2, 0.25) is 5.89 Å². The SMILES string of the molecule is Cc1nccn1CCCNC(=O)c1coc(CN2CCc3ccccc3C2)n1. The number of hydrogen-bond acceptors (Lipinski definition) is 5. The lowest BCUT2D eigenvalue weighted by atomic mass is 10.00. The van der Waals surface area contributed by atoms with Crippen molar-refractivity contribution < 1.29 is 9.21 Å². The van der Waals surface area contributed by atoms with E-state index in [4.69, 9.17) is 4.42 Å². The molecule has 0 saturated heterocycles. The van der Waals surface area contributed by atoms with Crippen LogP contribution in [-0.4, -0.2) is 38.4 Å². The van der Waals surface area contributed by atoms with Crippen LogP contribution in [-0.2, 0) is 26.1 Å². The van der Waals surface area contributed by atoms with Crippen LogP contribution < -0.4 is 5.32 Å². The van der Waals surface area contributed by atoms with Gasteiger partial charge in [0, 0.05) is 38.6 Å². The third kappa shape index (κ3) is 4.31. The summed E-state index contributed by atoms with van der Waals surface area (Å²) < 4.78 is 7.60. The first-order valence-electron chi connectivity index (χ1n) is 9.68. The molecular weight excluding hydrogens is 354 g/mol. The van der Waals surface area contributed by atoms with E-state index < -0.39 is 0 Å². The number of imidazole rings is 1. The summed E-state index contributed by atoms with van der Waals surface area (Å²) in [4.78, 5) is 23.1. The number of benzene rings is 1. The molecule has 0 aliphatic carbocycles. The van der Waals surface area contributed by atoms with E-state index in [1.807, 2.05) is 13.1 Å². The lowest BCUT2D eigenvalue weighted by Crippen LogP contribution is -2.30. The van der Waals surface area contributed by atoms with Crippen LogP contribution in [0.15, 0.2) is 47.3 Å². The fourth-order valence-corrected chi connectivity index (χ4v) is 3.55. The Hall–Kier alpha value is -2.93. The maximum atomic E-state index is 12.3. The molecule has 1 N–H and O–H groups in total. The summed E-state index contributed by atoms with van der Waals surface area (Å²) in [6, 6.07) is 8.52. The smallest absolute Gasteiger partial charge is 0.273 e. The maximum Gasteiger partial charge on any atom is 0.273 e. The van der Waals surface area contributed by atoms with Gasteiger partial charge in [0.15, 0.2) is 5.69 Å². The molecule has 3 heterocycles. The van der Waals surface area contributed by atoms with E-state index in [2.05, 4.69) is 49.0 Å². The Morgan fingerprint density at radius 2 is 2.14 bits per heavy atom. The van der Waals surface area contributed by atoms with E-state index in [-0.39, 0.29) is 5.91 Å². The molecule has 0 fully saturated rings. The van der Waals surface area contributed by atoms with Crippen LogP contribution in [0.1, 0.15) is 39.8 Å². The molecule has 4 rings (SSSR count). The molecule has 0 bridgehead atoms. The summed E-state index contributed by atoms with van der Waals surface area (Å²) in [5, 5.41) is 2.90. The third-order valence-electron chi connectivity index (χ3n) is 5.14. The Labute approximate surface area is 164 Å². The summed E-state index contributed by atoms with van der Waals surface area (Å²) in [7, 11) is 0. The Balaban J connectivity index is 1.25. The molecule has 1 aromatic carbocycles. The van der Waals surface area contributed by atoms with Gasteiger partial charge in [-0.2, -0.15) is 0 Å². The van der Waals surface area contributed by atoms with Crippen molar-refractivity contribution in [1.29, 1.82) is 0 Å². The molecule has 0 saturated carbocycles. The predicted octanol–water partition coefficient (Wildman–Crippen LogP) is 2.56. The third-order valence-corrected chi connectivity index (χ3v) is 5.14. The molecule has 0 spiro atoms. The van der Waals surface area contributed by atoms with Crippen molar-refractivity contribution in [2.24, 2.45) is 0 Å². The molecule has 1 aliphatic rings. The zero-order valence-corrected chi connectivity index (χ0v) is 16.1. The molecule has 2 aromatic heterocycles. The van der Waals surface area contributed by atoms with Crippen molar-refractivity contribution in [2.75, 3.05) is 13.1 Å².